The summed E-state index contributed by atoms with van der Waals surface area (Å²) >= 11 is 11.8. The smallest absolute Gasteiger partial charge is 0.321 e. The van der Waals surface area contributed by atoms with Gasteiger partial charge in [0.2, 0.25) is 0 Å². The largest absolute Gasteiger partial charge is 0.486 e. The van der Waals surface area contributed by atoms with Crippen LogP contribution in [-0.2, 0) is 0 Å². The number of carbonyl (C=O) groups excluding carboxylic acids is 2. The third-order valence-electron chi connectivity index (χ3n) is 5.11. The Morgan fingerprint density at radius 2 is 1.70 bits per heavy atom. The zero-order valence-corrected chi connectivity index (χ0v) is 16.0. The molecule has 0 aliphatic carbocycles. The second kappa shape index (κ2) is 7.06. The van der Waals surface area contributed by atoms with Crippen LogP contribution in [0, 0.1) is 0 Å². The highest BCUT2D eigenvalue weighted by molar-refractivity contribution is 6.31. The van der Waals surface area contributed by atoms with Crippen molar-refractivity contribution >= 4 is 40.7 Å². The van der Waals surface area contributed by atoms with Gasteiger partial charge in [0, 0.05) is 41.7 Å². The third-order valence-corrected chi connectivity index (χ3v) is 5.60. The first-order valence-electron chi connectivity index (χ1n) is 8.77. The van der Waals surface area contributed by atoms with Gasteiger partial charge in [-0.25, -0.2) is 4.79 Å². The molecular weight excluding hydrogens is 387 g/mol. The molecule has 5 nitrogen and oxygen atoms in total. The van der Waals surface area contributed by atoms with Crippen molar-refractivity contribution in [3.8, 4) is 5.75 Å². The lowest BCUT2D eigenvalue weighted by Gasteiger charge is -2.43. The first-order valence-corrected chi connectivity index (χ1v) is 9.53. The molecule has 0 radical (unpaired) electrons. The number of carbonyl (C=O) groups is 2. The fourth-order valence-electron chi connectivity index (χ4n) is 3.60. The topological polar surface area (TPSA) is 58.6 Å². The molecule has 0 atom stereocenters. The standard InChI is InChI=1S/C20H18Cl2N2O3/c21-13-1-4-15(5-2-13)23-19(26)24-9-7-20(8-10-24)12-17(25)16-11-14(22)3-6-18(16)27-20/h1-6,11H,7-10,12H2,(H,23,26). The molecule has 1 saturated heterocycles. The SMILES string of the molecule is O=C1CC2(CCN(C(=O)Nc3ccc(Cl)cc3)CC2)Oc2ccc(Cl)cc21. The number of nitrogens with one attached hydrogen (secondary N) is 1. The first kappa shape index (κ1) is 18.1. The molecule has 0 bridgehead atoms. The zero-order valence-electron chi connectivity index (χ0n) is 14.5. The quantitative estimate of drug-likeness (QED) is 0.725. The highest BCUT2D eigenvalue weighted by atomic mass is 35.5. The predicted octanol–water partition coefficient (Wildman–Crippen LogP) is 5.03. The summed E-state index contributed by atoms with van der Waals surface area (Å²) in [6, 6.07) is 11.9. The Labute approximate surface area is 167 Å². The van der Waals surface area contributed by atoms with Crippen LogP contribution in [0.4, 0.5) is 10.5 Å². The third kappa shape index (κ3) is 3.75. The summed E-state index contributed by atoms with van der Waals surface area (Å²) in [5, 5.41) is 4.01. The number of halogens is 2. The monoisotopic (exact) mass is 404 g/mol. The number of hydrogen-bond donors (Lipinski definition) is 1. The zero-order chi connectivity index (χ0) is 19.0. The van der Waals surface area contributed by atoms with Crippen molar-refractivity contribution < 1.29 is 14.3 Å². The van der Waals surface area contributed by atoms with Gasteiger partial charge in [-0.2, -0.15) is 0 Å². The molecule has 2 amide bonds. The number of likely N-dealkylation sites (tertiary alicyclic amines) is 1. The molecule has 4 rings (SSSR count). The number of ether oxygens (including phenoxy) is 1. The number of ketones is 1. The minimum atomic E-state index is -0.547. The van der Waals surface area contributed by atoms with Crippen molar-refractivity contribution in [2.75, 3.05) is 18.4 Å². The lowest BCUT2D eigenvalue weighted by Crippen LogP contribution is -2.53. The van der Waals surface area contributed by atoms with E-state index >= 15 is 0 Å². The van der Waals surface area contributed by atoms with Crippen LogP contribution in [-0.4, -0.2) is 35.4 Å². The maximum atomic E-state index is 12.6. The van der Waals surface area contributed by atoms with Crippen molar-refractivity contribution in [2.45, 2.75) is 24.9 Å². The molecule has 2 aliphatic rings. The van der Waals surface area contributed by atoms with E-state index in [0.717, 1.165) is 0 Å². The Morgan fingerprint density at radius 3 is 2.41 bits per heavy atom. The van der Waals surface area contributed by atoms with Gasteiger partial charge >= 0.3 is 6.03 Å². The number of anilines is 1. The lowest BCUT2D eigenvalue weighted by molar-refractivity contribution is 0.000391. The number of piperidine rings is 1. The molecule has 2 aliphatic heterocycles. The molecule has 0 aromatic heterocycles. The van der Waals surface area contributed by atoms with Crippen LogP contribution >= 0.6 is 23.2 Å². The van der Waals surface area contributed by atoms with E-state index in [9.17, 15) is 9.59 Å². The Hall–Kier alpha value is -2.24. The molecular formula is C20H18Cl2N2O3. The lowest BCUT2D eigenvalue weighted by atomic mass is 9.82. The molecule has 1 spiro atoms. The minimum absolute atomic E-state index is 0.0396. The molecule has 2 aromatic rings. The second-order valence-corrected chi connectivity index (χ2v) is 7.82. The van der Waals surface area contributed by atoms with Gasteiger partial charge in [-0.1, -0.05) is 23.2 Å². The van der Waals surface area contributed by atoms with Gasteiger partial charge in [0.1, 0.15) is 11.4 Å². The molecule has 2 heterocycles. The van der Waals surface area contributed by atoms with Gasteiger partial charge < -0.3 is 15.0 Å². The summed E-state index contributed by atoms with van der Waals surface area (Å²) in [6.07, 6.45) is 1.52. The summed E-state index contributed by atoms with van der Waals surface area (Å²) in [5.74, 6) is 0.618. The van der Waals surface area contributed by atoms with Gasteiger partial charge in [-0.15, -0.1) is 0 Å². The summed E-state index contributed by atoms with van der Waals surface area (Å²) < 4.78 is 6.19. The average molecular weight is 405 g/mol. The van der Waals surface area contributed by atoms with Crippen molar-refractivity contribution in [1.82, 2.24) is 4.90 Å². The summed E-state index contributed by atoms with van der Waals surface area (Å²) in [6.45, 7) is 1.05. The maximum Gasteiger partial charge on any atom is 0.321 e. The normalized spacial score (nSPS) is 18.0. The van der Waals surface area contributed by atoms with E-state index in [1.807, 2.05) is 0 Å². The first-order chi connectivity index (χ1) is 12.9. The van der Waals surface area contributed by atoms with Crippen molar-refractivity contribution in [2.24, 2.45) is 0 Å². The number of benzene rings is 2. The van der Waals surface area contributed by atoms with Crippen LogP contribution in [0.25, 0.3) is 0 Å². The van der Waals surface area contributed by atoms with E-state index in [1.54, 1.807) is 47.4 Å². The Balaban J connectivity index is 1.41. The summed E-state index contributed by atoms with van der Waals surface area (Å²) in [5.41, 5.74) is 0.685. The van der Waals surface area contributed by atoms with Gasteiger partial charge in [0.15, 0.2) is 5.78 Å². The molecule has 2 aromatic carbocycles. The van der Waals surface area contributed by atoms with Crippen LogP contribution in [0.5, 0.6) is 5.75 Å². The maximum absolute atomic E-state index is 12.6. The molecule has 1 N–H and O–H groups in total. The number of rotatable bonds is 1. The molecule has 0 unspecified atom stereocenters. The molecule has 1 fully saturated rings. The van der Waals surface area contributed by atoms with Crippen molar-refractivity contribution in [3.05, 3.63) is 58.1 Å². The molecule has 7 heteroatoms. The number of fused-ring (bicyclic) bond motifs is 1. The van der Waals surface area contributed by atoms with Crippen LogP contribution in [0.1, 0.15) is 29.6 Å². The number of amides is 2. The van der Waals surface area contributed by atoms with E-state index < -0.39 is 5.60 Å². The van der Waals surface area contributed by atoms with Gasteiger partial charge in [-0.3, -0.25) is 4.79 Å². The number of urea groups is 1. The molecule has 140 valence electrons. The van der Waals surface area contributed by atoms with E-state index in [4.69, 9.17) is 27.9 Å². The van der Waals surface area contributed by atoms with Crippen LogP contribution in [0.15, 0.2) is 42.5 Å². The highest BCUT2D eigenvalue weighted by Gasteiger charge is 2.43. The van der Waals surface area contributed by atoms with E-state index in [0.29, 0.717) is 59.4 Å². The second-order valence-electron chi connectivity index (χ2n) is 6.95. The van der Waals surface area contributed by atoms with E-state index in [2.05, 4.69) is 5.32 Å². The molecule has 27 heavy (non-hydrogen) atoms. The summed E-state index contributed by atoms with van der Waals surface area (Å²) in [7, 11) is 0. The van der Waals surface area contributed by atoms with Gasteiger partial charge in [-0.05, 0) is 42.5 Å². The number of Topliss-reactive ketones (excluding diaryl/α,β-unsaturated/α-hetero) is 1. The highest BCUT2D eigenvalue weighted by Crippen LogP contribution is 2.40. The van der Waals surface area contributed by atoms with Crippen LogP contribution < -0.4 is 10.1 Å². The summed E-state index contributed by atoms with van der Waals surface area (Å²) in [4.78, 5) is 26.8. The van der Waals surface area contributed by atoms with E-state index in [-0.39, 0.29) is 11.8 Å². The fraction of sp³-hybridized carbons (Fsp3) is 0.300. The Bertz CT molecular complexity index is 891. The van der Waals surface area contributed by atoms with Crippen LogP contribution in [0.3, 0.4) is 0 Å². The Kier molecular flexibility index (Phi) is 4.74. The number of hydrogen-bond acceptors (Lipinski definition) is 3. The Morgan fingerprint density at radius 1 is 1.04 bits per heavy atom. The van der Waals surface area contributed by atoms with Gasteiger partial charge in [0.05, 0.1) is 12.0 Å². The average Bonchev–Trinajstić information content (AvgIpc) is 2.65. The van der Waals surface area contributed by atoms with Crippen molar-refractivity contribution in [1.29, 1.82) is 0 Å². The van der Waals surface area contributed by atoms with Gasteiger partial charge in [0.25, 0.3) is 0 Å². The number of nitrogens with zero attached hydrogens (tertiary/aromatic N) is 1. The van der Waals surface area contributed by atoms with Crippen molar-refractivity contribution in [3.63, 3.8) is 0 Å². The van der Waals surface area contributed by atoms with E-state index in [1.165, 1.54) is 0 Å². The molecule has 0 saturated carbocycles. The minimum Gasteiger partial charge on any atom is -0.486 e. The van der Waals surface area contributed by atoms with Crippen LogP contribution in [0.2, 0.25) is 10.0 Å². The predicted molar refractivity (Wildman–Crippen MR) is 105 cm³/mol. The fourth-order valence-corrected chi connectivity index (χ4v) is 3.90.